The summed E-state index contributed by atoms with van der Waals surface area (Å²) in [7, 11) is 0. The van der Waals surface area contributed by atoms with Gasteiger partial charge in [-0.05, 0) is 36.5 Å². The standard InChI is InChI=1S/C14H16N2.ClH/c15-14(10-4-3-5-10)12-8-9-16-13-7-2-1-6-11(12)13;/h1-2,6-10,14H,3-5,15H2;1H/t14-;/m0./s1. The summed E-state index contributed by atoms with van der Waals surface area (Å²) >= 11 is 0. The van der Waals surface area contributed by atoms with Crippen LogP contribution in [-0.4, -0.2) is 4.98 Å². The molecule has 1 aliphatic carbocycles. The molecule has 90 valence electrons. The lowest BCUT2D eigenvalue weighted by Gasteiger charge is -2.31. The molecule has 0 saturated heterocycles. The van der Waals surface area contributed by atoms with Crippen LogP contribution in [0.3, 0.4) is 0 Å². The summed E-state index contributed by atoms with van der Waals surface area (Å²) in [6.45, 7) is 0. The molecule has 0 unspecified atom stereocenters. The number of rotatable bonds is 2. The van der Waals surface area contributed by atoms with Crippen molar-refractivity contribution in [1.29, 1.82) is 0 Å². The minimum Gasteiger partial charge on any atom is -0.324 e. The Balaban J connectivity index is 0.00000108. The van der Waals surface area contributed by atoms with Crippen LogP contribution in [0.15, 0.2) is 36.5 Å². The quantitative estimate of drug-likeness (QED) is 0.884. The van der Waals surface area contributed by atoms with Gasteiger partial charge in [-0.1, -0.05) is 24.6 Å². The number of fused-ring (bicyclic) bond motifs is 1. The predicted octanol–water partition coefficient (Wildman–Crippen LogP) is 3.46. The lowest BCUT2D eigenvalue weighted by molar-refractivity contribution is 0.265. The average Bonchev–Trinajstić information content (AvgIpc) is 2.26. The predicted molar refractivity (Wildman–Crippen MR) is 73.3 cm³/mol. The van der Waals surface area contributed by atoms with E-state index in [0.29, 0.717) is 5.92 Å². The van der Waals surface area contributed by atoms with Gasteiger partial charge in [0, 0.05) is 17.6 Å². The third kappa shape index (κ3) is 2.15. The van der Waals surface area contributed by atoms with E-state index in [-0.39, 0.29) is 18.4 Å². The molecule has 17 heavy (non-hydrogen) atoms. The van der Waals surface area contributed by atoms with E-state index in [1.165, 1.54) is 30.2 Å². The highest BCUT2D eigenvalue weighted by Gasteiger charge is 2.26. The molecule has 1 heterocycles. The number of hydrogen-bond acceptors (Lipinski definition) is 2. The third-order valence-electron chi connectivity index (χ3n) is 3.70. The molecule has 1 aromatic carbocycles. The zero-order valence-corrected chi connectivity index (χ0v) is 10.5. The number of hydrogen-bond donors (Lipinski definition) is 1. The number of nitrogens with zero attached hydrogens (tertiary/aromatic N) is 1. The molecular weight excluding hydrogens is 232 g/mol. The Kier molecular flexibility index (Phi) is 3.65. The molecule has 3 heteroatoms. The Labute approximate surface area is 108 Å². The Hall–Kier alpha value is -1.12. The molecule has 0 radical (unpaired) electrons. The van der Waals surface area contributed by atoms with Crippen LogP contribution in [0.2, 0.25) is 0 Å². The van der Waals surface area contributed by atoms with Gasteiger partial charge in [-0.3, -0.25) is 4.98 Å². The molecule has 1 fully saturated rings. The molecule has 2 N–H and O–H groups in total. The van der Waals surface area contributed by atoms with Crippen molar-refractivity contribution in [3.05, 3.63) is 42.1 Å². The fourth-order valence-corrected chi connectivity index (χ4v) is 2.46. The van der Waals surface area contributed by atoms with Gasteiger partial charge in [-0.2, -0.15) is 0 Å². The number of aromatic nitrogens is 1. The van der Waals surface area contributed by atoms with E-state index >= 15 is 0 Å². The van der Waals surface area contributed by atoms with Gasteiger partial charge < -0.3 is 5.73 Å². The first kappa shape index (κ1) is 12.3. The highest BCUT2D eigenvalue weighted by molar-refractivity contribution is 5.85. The molecule has 0 bridgehead atoms. The van der Waals surface area contributed by atoms with E-state index in [0.717, 1.165) is 5.52 Å². The van der Waals surface area contributed by atoms with Gasteiger partial charge in [0.15, 0.2) is 0 Å². The van der Waals surface area contributed by atoms with Crippen molar-refractivity contribution < 1.29 is 0 Å². The van der Waals surface area contributed by atoms with Crippen molar-refractivity contribution in [1.82, 2.24) is 4.98 Å². The summed E-state index contributed by atoms with van der Waals surface area (Å²) in [4.78, 5) is 4.37. The number of nitrogens with two attached hydrogens (primary N) is 1. The monoisotopic (exact) mass is 248 g/mol. The summed E-state index contributed by atoms with van der Waals surface area (Å²) in [6, 6.07) is 10.5. The third-order valence-corrected chi connectivity index (χ3v) is 3.70. The molecule has 0 aliphatic heterocycles. The lowest BCUT2D eigenvalue weighted by atomic mass is 9.77. The van der Waals surface area contributed by atoms with E-state index in [1.54, 1.807) is 0 Å². The van der Waals surface area contributed by atoms with E-state index in [2.05, 4.69) is 23.2 Å². The van der Waals surface area contributed by atoms with Crippen LogP contribution in [0.4, 0.5) is 0 Å². The fourth-order valence-electron chi connectivity index (χ4n) is 2.46. The summed E-state index contributed by atoms with van der Waals surface area (Å²) in [6.07, 6.45) is 5.76. The Bertz CT molecular complexity index is 503. The van der Waals surface area contributed by atoms with Crippen LogP contribution in [0.1, 0.15) is 30.9 Å². The molecule has 0 amide bonds. The summed E-state index contributed by atoms with van der Waals surface area (Å²) in [5, 5.41) is 1.21. The number of benzene rings is 1. The first-order chi connectivity index (χ1) is 7.86. The number of pyridine rings is 1. The molecule has 0 spiro atoms. The van der Waals surface area contributed by atoms with E-state index in [9.17, 15) is 0 Å². The van der Waals surface area contributed by atoms with Gasteiger partial charge in [0.25, 0.3) is 0 Å². The molecular formula is C14H17ClN2. The van der Waals surface area contributed by atoms with Crippen molar-refractivity contribution in [2.75, 3.05) is 0 Å². The molecule has 1 aliphatic rings. The molecule has 3 rings (SSSR count). The van der Waals surface area contributed by atoms with Crippen molar-refractivity contribution in [3.8, 4) is 0 Å². The van der Waals surface area contributed by atoms with Crippen LogP contribution >= 0.6 is 12.4 Å². The maximum Gasteiger partial charge on any atom is 0.0705 e. The largest absolute Gasteiger partial charge is 0.324 e. The number of para-hydroxylation sites is 1. The molecule has 1 atom stereocenters. The summed E-state index contributed by atoms with van der Waals surface area (Å²) in [5.74, 6) is 0.672. The minimum atomic E-state index is 0. The van der Waals surface area contributed by atoms with Crippen LogP contribution < -0.4 is 5.73 Å². The van der Waals surface area contributed by atoms with Crippen molar-refractivity contribution in [2.24, 2.45) is 11.7 Å². The fraction of sp³-hybridized carbons (Fsp3) is 0.357. The SMILES string of the molecule is Cl.N[C@H](c1ccnc2ccccc12)C1CCC1. The van der Waals surface area contributed by atoms with Crippen LogP contribution in [0.5, 0.6) is 0 Å². The van der Waals surface area contributed by atoms with Gasteiger partial charge >= 0.3 is 0 Å². The van der Waals surface area contributed by atoms with Crippen LogP contribution in [-0.2, 0) is 0 Å². The van der Waals surface area contributed by atoms with Gasteiger partial charge in [-0.15, -0.1) is 12.4 Å². The van der Waals surface area contributed by atoms with Gasteiger partial charge in [0.2, 0.25) is 0 Å². The minimum absolute atomic E-state index is 0. The average molecular weight is 249 g/mol. The summed E-state index contributed by atoms with van der Waals surface area (Å²) < 4.78 is 0. The Morgan fingerprint density at radius 1 is 1.18 bits per heavy atom. The Morgan fingerprint density at radius 2 is 1.94 bits per heavy atom. The molecule has 2 aromatic rings. The van der Waals surface area contributed by atoms with Crippen molar-refractivity contribution >= 4 is 23.3 Å². The van der Waals surface area contributed by atoms with E-state index < -0.39 is 0 Å². The van der Waals surface area contributed by atoms with Gasteiger partial charge in [-0.25, -0.2) is 0 Å². The zero-order valence-electron chi connectivity index (χ0n) is 9.67. The van der Waals surface area contributed by atoms with Crippen LogP contribution in [0, 0.1) is 5.92 Å². The lowest BCUT2D eigenvalue weighted by Crippen LogP contribution is -2.27. The van der Waals surface area contributed by atoms with Gasteiger partial charge in [0.05, 0.1) is 5.52 Å². The van der Waals surface area contributed by atoms with Gasteiger partial charge in [0.1, 0.15) is 0 Å². The molecule has 2 nitrogen and oxygen atoms in total. The normalized spacial score (nSPS) is 17.2. The van der Waals surface area contributed by atoms with E-state index in [4.69, 9.17) is 5.73 Å². The first-order valence-corrected chi connectivity index (χ1v) is 5.95. The molecule has 1 aromatic heterocycles. The summed E-state index contributed by atoms with van der Waals surface area (Å²) in [5.41, 5.74) is 8.65. The second-order valence-electron chi connectivity index (χ2n) is 4.63. The van der Waals surface area contributed by atoms with Crippen molar-refractivity contribution in [2.45, 2.75) is 25.3 Å². The highest BCUT2D eigenvalue weighted by atomic mass is 35.5. The maximum absolute atomic E-state index is 6.34. The van der Waals surface area contributed by atoms with Crippen LogP contribution in [0.25, 0.3) is 10.9 Å². The van der Waals surface area contributed by atoms with Crippen molar-refractivity contribution in [3.63, 3.8) is 0 Å². The second kappa shape index (κ2) is 5.03. The molecule has 1 saturated carbocycles. The smallest absolute Gasteiger partial charge is 0.0705 e. The first-order valence-electron chi connectivity index (χ1n) is 5.95. The zero-order chi connectivity index (χ0) is 11.0. The maximum atomic E-state index is 6.34. The highest BCUT2D eigenvalue weighted by Crippen LogP contribution is 2.37. The second-order valence-corrected chi connectivity index (χ2v) is 4.63. The number of halogens is 1. The van der Waals surface area contributed by atoms with E-state index in [1.807, 2.05) is 18.3 Å². The Morgan fingerprint density at radius 3 is 2.65 bits per heavy atom. The topological polar surface area (TPSA) is 38.9 Å².